The number of halogens is 1. The van der Waals surface area contributed by atoms with Crippen LogP contribution in [0.3, 0.4) is 0 Å². The Bertz CT molecular complexity index is 437. The molecule has 0 aliphatic carbocycles. The third-order valence-corrected chi connectivity index (χ3v) is 2.42. The molecule has 0 atom stereocenters. The third-order valence-electron chi connectivity index (χ3n) is 2.10. The number of nitrogens with one attached hydrogen (secondary N) is 2. The number of likely N-dealkylation sites (N-methyl/N-ethyl adjacent to an activating group) is 1. The number of rotatable bonds is 5. The van der Waals surface area contributed by atoms with Crippen molar-refractivity contribution in [3.63, 3.8) is 0 Å². The van der Waals surface area contributed by atoms with Gasteiger partial charge in [0.25, 0.3) is 5.69 Å². The van der Waals surface area contributed by atoms with Crippen molar-refractivity contribution in [2.75, 3.05) is 13.6 Å². The van der Waals surface area contributed by atoms with Crippen LogP contribution in [0.1, 0.15) is 5.56 Å². The largest absolute Gasteiger partial charge is 0.358 e. The molecular formula is C10H12ClN3O3. The van der Waals surface area contributed by atoms with Gasteiger partial charge in [-0.25, -0.2) is 0 Å². The summed E-state index contributed by atoms with van der Waals surface area (Å²) in [5.41, 5.74) is 0.566. The molecule has 17 heavy (non-hydrogen) atoms. The third kappa shape index (κ3) is 4.01. The molecule has 0 aliphatic heterocycles. The number of nitro groups is 1. The highest BCUT2D eigenvalue weighted by Crippen LogP contribution is 2.24. The van der Waals surface area contributed by atoms with Crippen molar-refractivity contribution < 1.29 is 9.72 Å². The Morgan fingerprint density at radius 2 is 2.24 bits per heavy atom. The van der Waals surface area contributed by atoms with E-state index in [0.717, 1.165) is 0 Å². The lowest BCUT2D eigenvalue weighted by molar-refractivity contribution is -0.384. The zero-order valence-electron chi connectivity index (χ0n) is 9.20. The highest BCUT2D eigenvalue weighted by molar-refractivity contribution is 6.32. The lowest BCUT2D eigenvalue weighted by atomic mass is 10.2. The predicted molar refractivity (Wildman–Crippen MR) is 63.9 cm³/mol. The highest BCUT2D eigenvalue weighted by atomic mass is 35.5. The molecule has 0 radical (unpaired) electrons. The van der Waals surface area contributed by atoms with Gasteiger partial charge in [0.2, 0.25) is 5.91 Å². The summed E-state index contributed by atoms with van der Waals surface area (Å²) in [5.74, 6) is -0.145. The molecule has 0 saturated carbocycles. The lowest BCUT2D eigenvalue weighted by Crippen LogP contribution is -2.30. The number of benzene rings is 1. The van der Waals surface area contributed by atoms with E-state index in [0.29, 0.717) is 12.1 Å². The number of nitrogens with zero attached hydrogens (tertiary/aromatic N) is 1. The van der Waals surface area contributed by atoms with E-state index < -0.39 is 4.92 Å². The van der Waals surface area contributed by atoms with Gasteiger partial charge in [0.15, 0.2) is 0 Å². The number of carbonyl (C=O) groups excluding carboxylic acids is 1. The number of amides is 1. The van der Waals surface area contributed by atoms with E-state index in [1.165, 1.54) is 19.2 Å². The van der Waals surface area contributed by atoms with E-state index in [4.69, 9.17) is 11.6 Å². The molecule has 0 heterocycles. The number of hydrogen-bond acceptors (Lipinski definition) is 4. The van der Waals surface area contributed by atoms with Crippen molar-refractivity contribution >= 4 is 23.2 Å². The van der Waals surface area contributed by atoms with Gasteiger partial charge in [-0.05, 0) is 11.6 Å². The Labute approximate surface area is 103 Å². The fourth-order valence-corrected chi connectivity index (χ4v) is 1.40. The molecule has 0 aliphatic rings. The summed E-state index contributed by atoms with van der Waals surface area (Å²) in [4.78, 5) is 21.0. The maximum Gasteiger partial charge on any atom is 0.288 e. The molecule has 0 bridgehead atoms. The quantitative estimate of drug-likeness (QED) is 0.611. The van der Waals surface area contributed by atoms with Crippen LogP contribution in [0.5, 0.6) is 0 Å². The Balaban J connectivity index is 2.63. The molecule has 0 aromatic heterocycles. The van der Waals surface area contributed by atoms with Crippen LogP contribution in [0, 0.1) is 10.1 Å². The molecule has 0 fully saturated rings. The van der Waals surface area contributed by atoms with E-state index in [1.54, 1.807) is 6.07 Å². The van der Waals surface area contributed by atoms with Crippen LogP contribution in [-0.4, -0.2) is 24.4 Å². The second-order valence-corrected chi connectivity index (χ2v) is 3.73. The molecule has 6 nitrogen and oxygen atoms in total. The van der Waals surface area contributed by atoms with Crippen molar-refractivity contribution in [1.82, 2.24) is 10.6 Å². The van der Waals surface area contributed by atoms with E-state index in [9.17, 15) is 14.9 Å². The molecule has 1 amide bonds. The summed E-state index contributed by atoms with van der Waals surface area (Å²) in [6, 6.07) is 4.53. The van der Waals surface area contributed by atoms with Crippen LogP contribution >= 0.6 is 11.6 Å². The molecule has 1 aromatic rings. The van der Waals surface area contributed by atoms with Crippen molar-refractivity contribution in [3.8, 4) is 0 Å². The molecule has 2 N–H and O–H groups in total. The van der Waals surface area contributed by atoms with Gasteiger partial charge in [0.05, 0.1) is 11.5 Å². The molecular weight excluding hydrogens is 246 g/mol. The first-order valence-electron chi connectivity index (χ1n) is 4.88. The van der Waals surface area contributed by atoms with Gasteiger partial charge >= 0.3 is 0 Å². The minimum Gasteiger partial charge on any atom is -0.358 e. The zero-order chi connectivity index (χ0) is 12.8. The zero-order valence-corrected chi connectivity index (χ0v) is 9.95. The minimum absolute atomic E-state index is 0.102. The smallest absolute Gasteiger partial charge is 0.288 e. The minimum atomic E-state index is -0.537. The molecule has 0 unspecified atom stereocenters. The van der Waals surface area contributed by atoms with E-state index in [2.05, 4.69) is 10.6 Å². The highest BCUT2D eigenvalue weighted by Gasteiger charge is 2.12. The normalized spacial score (nSPS) is 10.0. The first kappa shape index (κ1) is 13.4. The molecule has 1 aromatic carbocycles. The van der Waals surface area contributed by atoms with Crippen LogP contribution in [0.2, 0.25) is 5.02 Å². The maximum atomic E-state index is 10.9. The fraction of sp³-hybridized carbons (Fsp3) is 0.300. The first-order chi connectivity index (χ1) is 8.04. The summed E-state index contributed by atoms with van der Waals surface area (Å²) < 4.78 is 0. The summed E-state index contributed by atoms with van der Waals surface area (Å²) in [5, 5.41) is 16.1. The second-order valence-electron chi connectivity index (χ2n) is 3.32. The second kappa shape index (κ2) is 6.17. The Morgan fingerprint density at radius 1 is 1.53 bits per heavy atom. The molecule has 7 heteroatoms. The standard InChI is InChI=1S/C10H12ClN3O3/c1-12-10(15)6-13-5-7-2-3-8(11)9(4-7)14(16)17/h2-4,13H,5-6H2,1H3,(H,12,15). The topological polar surface area (TPSA) is 84.3 Å². The summed E-state index contributed by atoms with van der Waals surface area (Å²) in [6.07, 6.45) is 0. The van der Waals surface area contributed by atoms with Gasteiger partial charge in [-0.2, -0.15) is 0 Å². The fourth-order valence-electron chi connectivity index (χ4n) is 1.22. The van der Waals surface area contributed by atoms with E-state index in [-0.39, 0.29) is 23.2 Å². The average Bonchev–Trinajstić information content (AvgIpc) is 2.30. The van der Waals surface area contributed by atoms with E-state index in [1.807, 2.05) is 0 Å². The van der Waals surface area contributed by atoms with Gasteiger partial charge in [-0.1, -0.05) is 17.7 Å². The van der Waals surface area contributed by atoms with Gasteiger partial charge < -0.3 is 10.6 Å². The van der Waals surface area contributed by atoms with Crippen LogP contribution in [-0.2, 0) is 11.3 Å². The van der Waals surface area contributed by atoms with Crippen molar-refractivity contribution in [3.05, 3.63) is 38.9 Å². The van der Waals surface area contributed by atoms with Crippen LogP contribution < -0.4 is 10.6 Å². The van der Waals surface area contributed by atoms with Crippen LogP contribution in [0.4, 0.5) is 5.69 Å². The van der Waals surface area contributed by atoms with Gasteiger partial charge in [-0.15, -0.1) is 0 Å². The summed E-state index contributed by atoms with van der Waals surface area (Å²) in [6.45, 7) is 0.526. The maximum absolute atomic E-state index is 10.9. The Kier molecular flexibility index (Phi) is 4.86. The summed E-state index contributed by atoms with van der Waals surface area (Å²) in [7, 11) is 1.54. The summed E-state index contributed by atoms with van der Waals surface area (Å²) >= 11 is 5.67. The van der Waals surface area contributed by atoms with Gasteiger partial charge in [0.1, 0.15) is 5.02 Å². The molecule has 1 rings (SSSR count). The van der Waals surface area contributed by atoms with Gasteiger partial charge in [0, 0.05) is 19.7 Å². The van der Waals surface area contributed by atoms with Crippen molar-refractivity contribution in [2.24, 2.45) is 0 Å². The predicted octanol–water partition coefficient (Wildman–Crippen LogP) is 1.08. The van der Waals surface area contributed by atoms with E-state index >= 15 is 0 Å². The number of hydrogen-bond donors (Lipinski definition) is 2. The van der Waals surface area contributed by atoms with Crippen molar-refractivity contribution in [1.29, 1.82) is 0 Å². The molecule has 92 valence electrons. The van der Waals surface area contributed by atoms with Gasteiger partial charge in [-0.3, -0.25) is 14.9 Å². The van der Waals surface area contributed by atoms with Crippen LogP contribution in [0.25, 0.3) is 0 Å². The average molecular weight is 258 g/mol. The van der Waals surface area contributed by atoms with Crippen LogP contribution in [0.15, 0.2) is 18.2 Å². The monoisotopic (exact) mass is 257 g/mol. The number of carbonyl (C=O) groups is 1. The Hall–Kier alpha value is -1.66. The number of nitro benzene ring substituents is 1. The molecule has 0 spiro atoms. The molecule has 0 saturated heterocycles. The van der Waals surface area contributed by atoms with Crippen molar-refractivity contribution in [2.45, 2.75) is 6.54 Å². The SMILES string of the molecule is CNC(=O)CNCc1ccc(Cl)c([N+](=O)[O-])c1. The lowest BCUT2D eigenvalue weighted by Gasteiger charge is -2.04. The Morgan fingerprint density at radius 3 is 2.82 bits per heavy atom. The first-order valence-corrected chi connectivity index (χ1v) is 5.26.